The highest BCUT2D eigenvalue weighted by Crippen LogP contribution is 2.17. The van der Waals surface area contributed by atoms with E-state index >= 15 is 0 Å². The van der Waals surface area contributed by atoms with Gasteiger partial charge in [-0.2, -0.15) is 0 Å². The lowest BCUT2D eigenvalue weighted by Crippen LogP contribution is -2.27. The van der Waals surface area contributed by atoms with E-state index in [0.29, 0.717) is 12.8 Å². The number of carbonyl (C=O) groups is 3. The SMILES string of the molecule is CCCCCCCCCCCC(=O)CC(=O)C(CCCCCC)C(=O)OC. The van der Waals surface area contributed by atoms with Crippen LogP contribution in [0.4, 0.5) is 0 Å². The summed E-state index contributed by atoms with van der Waals surface area (Å²) in [7, 11) is 1.30. The van der Waals surface area contributed by atoms with Crippen LogP contribution in [0.3, 0.4) is 0 Å². The van der Waals surface area contributed by atoms with Crippen LogP contribution in [0.5, 0.6) is 0 Å². The van der Waals surface area contributed by atoms with Gasteiger partial charge in [0.1, 0.15) is 11.7 Å². The average Bonchev–Trinajstić information content (AvgIpc) is 2.66. The first-order valence-corrected chi connectivity index (χ1v) is 11.2. The maximum atomic E-state index is 12.4. The van der Waals surface area contributed by atoms with Crippen molar-refractivity contribution in [3.05, 3.63) is 0 Å². The van der Waals surface area contributed by atoms with Crippen molar-refractivity contribution in [1.29, 1.82) is 0 Å². The van der Waals surface area contributed by atoms with Gasteiger partial charge in [0.2, 0.25) is 0 Å². The first kappa shape index (κ1) is 25.8. The van der Waals surface area contributed by atoms with Crippen LogP contribution < -0.4 is 0 Å². The van der Waals surface area contributed by atoms with Gasteiger partial charge in [-0.3, -0.25) is 14.4 Å². The molecule has 0 radical (unpaired) electrons. The van der Waals surface area contributed by atoms with Crippen LogP contribution >= 0.6 is 0 Å². The van der Waals surface area contributed by atoms with Gasteiger partial charge in [0.15, 0.2) is 5.78 Å². The first-order chi connectivity index (χ1) is 13.1. The molecule has 0 bridgehead atoms. The summed E-state index contributed by atoms with van der Waals surface area (Å²) < 4.78 is 4.76. The Labute approximate surface area is 166 Å². The average molecular weight is 383 g/mol. The summed E-state index contributed by atoms with van der Waals surface area (Å²) >= 11 is 0. The second kappa shape index (κ2) is 18.2. The summed E-state index contributed by atoms with van der Waals surface area (Å²) in [4.78, 5) is 36.3. The zero-order chi connectivity index (χ0) is 20.3. The molecule has 0 fully saturated rings. The molecule has 0 aromatic carbocycles. The van der Waals surface area contributed by atoms with Gasteiger partial charge < -0.3 is 4.74 Å². The maximum Gasteiger partial charge on any atom is 0.316 e. The number of ketones is 2. The molecule has 0 N–H and O–H groups in total. The molecule has 0 saturated heterocycles. The van der Waals surface area contributed by atoms with E-state index in [1.54, 1.807) is 0 Å². The summed E-state index contributed by atoms with van der Waals surface area (Å²) in [5.74, 6) is -1.56. The van der Waals surface area contributed by atoms with Gasteiger partial charge in [-0.15, -0.1) is 0 Å². The zero-order valence-corrected chi connectivity index (χ0v) is 18.0. The number of ether oxygens (including phenoxy) is 1. The number of methoxy groups -OCH3 is 1. The van der Waals surface area contributed by atoms with Crippen molar-refractivity contribution in [3.8, 4) is 0 Å². The Hall–Kier alpha value is -1.19. The van der Waals surface area contributed by atoms with Gasteiger partial charge in [-0.1, -0.05) is 90.9 Å². The molecule has 0 aliphatic heterocycles. The molecule has 1 atom stereocenters. The maximum absolute atomic E-state index is 12.4. The van der Waals surface area contributed by atoms with Gasteiger partial charge >= 0.3 is 5.97 Å². The lowest BCUT2D eigenvalue weighted by atomic mass is 9.92. The Balaban J connectivity index is 3.96. The monoisotopic (exact) mass is 382 g/mol. The first-order valence-electron chi connectivity index (χ1n) is 11.2. The van der Waals surface area contributed by atoms with Crippen molar-refractivity contribution >= 4 is 17.5 Å². The molecule has 1 unspecified atom stereocenters. The van der Waals surface area contributed by atoms with E-state index in [4.69, 9.17) is 4.74 Å². The predicted octanol–water partition coefficient (Wildman–Crippen LogP) is 6.20. The molecule has 0 aromatic rings. The molecule has 4 nitrogen and oxygen atoms in total. The number of hydrogen-bond donors (Lipinski definition) is 0. The summed E-state index contributed by atoms with van der Waals surface area (Å²) in [5, 5.41) is 0. The van der Waals surface area contributed by atoms with Crippen molar-refractivity contribution in [3.63, 3.8) is 0 Å². The van der Waals surface area contributed by atoms with Gasteiger partial charge in [0.05, 0.1) is 13.5 Å². The van der Waals surface area contributed by atoms with Crippen molar-refractivity contribution in [2.24, 2.45) is 5.92 Å². The van der Waals surface area contributed by atoms with Crippen LogP contribution in [0.1, 0.15) is 117 Å². The summed E-state index contributed by atoms with van der Waals surface area (Å²) in [6, 6.07) is 0. The van der Waals surface area contributed by atoms with E-state index in [9.17, 15) is 14.4 Å². The lowest BCUT2D eigenvalue weighted by molar-refractivity contribution is -0.150. The third-order valence-electron chi connectivity index (χ3n) is 5.15. The van der Waals surface area contributed by atoms with E-state index in [-0.39, 0.29) is 18.0 Å². The molecule has 0 saturated carbocycles. The topological polar surface area (TPSA) is 60.4 Å². The number of unbranched alkanes of at least 4 members (excludes halogenated alkanes) is 11. The predicted molar refractivity (Wildman–Crippen MR) is 111 cm³/mol. The molecule has 27 heavy (non-hydrogen) atoms. The van der Waals surface area contributed by atoms with E-state index < -0.39 is 11.9 Å². The fourth-order valence-corrected chi connectivity index (χ4v) is 3.37. The molecule has 0 rings (SSSR count). The highest BCUT2D eigenvalue weighted by atomic mass is 16.5. The standard InChI is InChI=1S/C23H42O4/c1-4-6-8-10-11-12-13-14-15-17-20(24)19-22(25)21(23(26)27-3)18-16-9-7-5-2/h21H,4-19H2,1-3H3. The van der Waals surface area contributed by atoms with Gasteiger partial charge in [0.25, 0.3) is 0 Å². The Morgan fingerprint density at radius 1 is 0.704 bits per heavy atom. The van der Waals surface area contributed by atoms with Gasteiger partial charge in [0, 0.05) is 6.42 Å². The molecular weight excluding hydrogens is 340 g/mol. The Bertz CT molecular complexity index is 403. The summed E-state index contributed by atoms with van der Waals surface area (Å²) in [5.41, 5.74) is 0. The Kier molecular flexibility index (Phi) is 17.4. The molecule has 0 aliphatic carbocycles. The highest BCUT2D eigenvalue weighted by Gasteiger charge is 2.28. The van der Waals surface area contributed by atoms with Crippen LogP contribution in [0.2, 0.25) is 0 Å². The molecular formula is C23H42O4. The molecule has 0 amide bonds. The van der Waals surface area contributed by atoms with Gasteiger partial charge in [-0.05, 0) is 12.8 Å². The van der Waals surface area contributed by atoms with Crippen LogP contribution in [0.15, 0.2) is 0 Å². The normalized spacial score (nSPS) is 12.0. The van der Waals surface area contributed by atoms with Crippen LogP contribution in [-0.2, 0) is 19.1 Å². The molecule has 0 aliphatic rings. The van der Waals surface area contributed by atoms with Crippen LogP contribution in [0, 0.1) is 5.92 Å². The minimum absolute atomic E-state index is 0.0367. The molecule has 0 aromatic heterocycles. The number of Topliss-reactive ketones (excluding diaryl/α,β-unsaturated/α-hetero) is 2. The molecule has 4 heteroatoms. The van der Waals surface area contributed by atoms with E-state index in [0.717, 1.165) is 44.9 Å². The van der Waals surface area contributed by atoms with Crippen molar-refractivity contribution in [1.82, 2.24) is 0 Å². The third kappa shape index (κ3) is 14.5. The third-order valence-corrected chi connectivity index (χ3v) is 5.15. The number of rotatable bonds is 19. The Morgan fingerprint density at radius 2 is 1.19 bits per heavy atom. The lowest BCUT2D eigenvalue weighted by Gasteiger charge is -2.13. The molecule has 158 valence electrons. The molecule has 0 heterocycles. The largest absolute Gasteiger partial charge is 0.468 e. The fraction of sp³-hybridized carbons (Fsp3) is 0.870. The zero-order valence-electron chi connectivity index (χ0n) is 18.0. The minimum Gasteiger partial charge on any atom is -0.468 e. The fourth-order valence-electron chi connectivity index (χ4n) is 3.37. The smallest absolute Gasteiger partial charge is 0.316 e. The van der Waals surface area contributed by atoms with Gasteiger partial charge in [-0.25, -0.2) is 0 Å². The Morgan fingerprint density at radius 3 is 1.70 bits per heavy atom. The van der Waals surface area contributed by atoms with E-state index in [2.05, 4.69) is 13.8 Å². The highest BCUT2D eigenvalue weighted by molar-refractivity contribution is 6.07. The molecule has 0 spiro atoms. The van der Waals surface area contributed by atoms with Crippen molar-refractivity contribution in [2.45, 2.75) is 117 Å². The van der Waals surface area contributed by atoms with Crippen molar-refractivity contribution < 1.29 is 19.1 Å². The minimum atomic E-state index is -0.765. The second-order valence-electron chi connectivity index (χ2n) is 7.69. The number of carbonyl (C=O) groups excluding carboxylic acids is 3. The second-order valence-corrected chi connectivity index (χ2v) is 7.69. The summed E-state index contributed by atoms with van der Waals surface area (Å²) in [6.45, 7) is 4.34. The number of hydrogen-bond acceptors (Lipinski definition) is 4. The summed E-state index contributed by atoms with van der Waals surface area (Å²) in [6.07, 6.45) is 15.7. The number of esters is 1. The van der Waals surface area contributed by atoms with Crippen LogP contribution in [-0.4, -0.2) is 24.6 Å². The van der Waals surface area contributed by atoms with Crippen LogP contribution in [0.25, 0.3) is 0 Å². The van der Waals surface area contributed by atoms with E-state index in [1.165, 1.54) is 45.6 Å². The quantitative estimate of drug-likeness (QED) is 0.152. The van der Waals surface area contributed by atoms with E-state index in [1.807, 2.05) is 0 Å². The van der Waals surface area contributed by atoms with Crippen molar-refractivity contribution in [2.75, 3.05) is 7.11 Å².